The highest BCUT2D eigenvalue weighted by atomic mass is 32.2. The SMILES string of the molecule is O=S1(=O)CC(S(=O)(=O)c2ccccc2)c2c(F)cccc21. The summed E-state index contributed by atoms with van der Waals surface area (Å²) in [6.45, 7) is 0. The normalized spacial score (nSPS) is 20.1. The monoisotopic (exact) mass is 326 g/mol. The number of halogens is 1. The number of fused-ring (bicyclic) bond motifs is 1. The molecule has 1 atom stereocenters. The molecule has 1 aliphatic heterocycles. The van der Waals surface area contributed by atoms with Gasteiger partial charge in [-0.1, -0.05) is 24.3 Å². The molecule has 1 aliphatic rings. The maximum absolute atomic E-state index is 14.0. The smallest absolute Gasteiger partial charge is 0.186 e. The van der Waals surface area contributed by atoms with Crippen molar-refractivity contribution >= 4 is 19.7 Å². The zero-order valence-electron chi connectivity index (χ0n) is 10.7. The van der Waals surface area contributed by atoms with Crippen LogP contribution in [-0.4, -0.2) is 22.6 Å². The minimum Gasteiger partial charge on any atom is -0.224 e. The van der Waals surface area contributed by atoms with E-state index >= 15 is 0 Å². The van der Waals surface area contributed by atoms with E-state index in [1.807, 2.05) is 0 Å². The van der Waals surface area contributed by atoms with Gasteiger partial charge in [-0.2, -0.15) is 0 Å². The molecule has 2 aromatic carbocycles. The highest BCUT2D eigenvalue weighted by molar-refractivity contribution is 7.96. The fraction of sp³-hybridized carbons (Fsp3) is 0.143. The molecule has 2 aromatic rings. The van der Waals surface area contributed by atoms with Crippen LogP contribution in [0.4, 0.5) is 4.39 Å². The molecule has 3 rings (SSSR count). The van der Waals surface area contributed by atoms with E-state index in [0.717, 1.165) is 6.07 Å². The summed E-state index contributed by atoms with van der Waals surface area (Å²) in [4.78, 5) is -0.242. The number of hydrogen-bond donors (Lipinski definition) is 0. The highest BCUT2D eigenvalue weighted by Gasteiger charge is 2.44. The van der Waals surface area contributed by atoms with Gasteiger partial charge in [-0.05, 0) is 24.3 Å². The maximum atomic E-state index is 14.0. The van der Waals surface area contributed by atoms with Crippen molar-refractivity contribution in [2.24, 2.45) is 0 Å². The third-order valence-electron chi connectivity index (χ3n) is 3.49. The lowest BCUT2D eigenvalue weighted by atomic mass is 10.1. The van der Waals surface area contributed by atoms with Crippen LogP contribution in [0.3, 0.4) is 0 Å². The largest absolute Gasteiger partial charge is 0.224 e. The minimum absolute atomic E-state index is 0.0127. The molecule has 0 saturated carbocycles. The van der Waals surface area contributed by atoms with Gasteiger partial charge >= 0.3 is 0 Å². The van der Waals surface area contributed by atoms with E-state index < -0.39 is 36.5 Å². The van der Waals surface area contributed by atoms with Gasteiger partial charge in [0.15, 0.2) is 19.7 Å². The van der Waals surface area contributed by atoms with Gasteiger partial charge in [0.2, 0.25) is 0 Å². The summed E-state index contributed by atoms with van der Waals surface area (Å²) in [6, 6.07) is 11.1. The van der Waals surface area contributed by atoms with Gasteiger partial charge in [0.25, 0.3) is 0 Å². The van der Waals surface area contributed by atoms with E-state index in [2.05, 4.69) is 0 Å². The van der Waals surface area contributed by atoms with E-state index in [1.165, 1.54) is 24.3 Å². The molecule has 0 amide bonds. The average molecular weight is 326 g/mol. The van der Waals surface area contributed by atoms with Crippen LogP contribution in [0.25, 0.3) is 0 Å². The molecule has 0 aliphatic carbocycles. The minimum atomic E-state index is -3.96. The number of sulfone groups is 2. The molecule has 0 N–H and O–H groups in total. The first-order valence-corrected chi connectivity index (χ1v) is 9.34. The van der Waals surface area contributed by atoms with Crippen molar-refractivity contribution in [2.75, 3.05) is 5.75 Å². The Hall–Kier alpha value is -1.73. The van der Waals surface area contributed by atoms with Crippen LogP contribution < -0.4 is 0 Å². The van der Waals surface area contributed by atoms with Gasteiger partial charge in [-0.25, -0.2) is 21.2 Å². The summed E-state index contributed by atoms with van der Waals surface area (Å²) in [6.07, 6.45) is 0. The molecule has 0 bridgehead atoms. The lowest BCUT2D eigenvalue weighted by Gasteiger charge is -2.12. The molecular weight excluding hydrogens is 315 g/mol. The molecule has 0 spiro atoms. The van der Waals surface area contributed by atoms with Gasteiger partial charge < -0.3 is 0 Å². The first kappa shape index (κ1) is 14.2. The Labute approximate surface area is 122 Å². The van der Waals surface area contributed by atoms with Gasteiger partial charge in [-0.15, -0.1) is 0 Å². The molecule has 110 valence electrons. The molecule has 1 heterocycles. The maximum Gasteiger partial charge on any atom is 0.186 e. The number of hydrogen-bond acceptors (Lipinski definition) is 4. The van der Waals surface area contributed by atoms with Gasteiger partial charge in [0.1, 0.15) is 11.1 Å². The van der Waals surface area contributed by atoms with E-state index in [4.69, 9.17) is 0 Å². The molecule has 0 aromatic heterocycles. The molecule has 0 radical (unpaired) electrons. The van der Waals surface area contributed by atoms with Crippen molar-refractivity contribution in [2.45, 2.75) is 15.0 Å². The summed E-state index contributed by atoms with van der Waals surface area (Å²) in [5.74, 6) is -1.43. The molecule has 1 unspecified atom stereocenters. The first-order valence-electron chi connectivity index (χ1n) is 6.14. The van der Waals surface area contributed by atoms with Gasteiger partial charge in [-0.3, -0.25) is 0 Å². The summed E-state index contributed by atoms with van der Waals surface area (Å²) >= 11 is 0. The Kier molecular flexibility index (Phi) is 3.14. The van der Waals surface area contributed by atoms with Crippen LogP contribution in [-0.2, 0) is 19.7 Å². The second-order valence-corrected chi connectivity index (χ2v) is 8.91. The van der Waals surface area contributed by atoms with E-state index in [9.17, 15) is 21.2 Å². The first-order chi connectivity index (χ1) is 9.84. The Balaban J connectivity index is 2.24. The standard InChI is InChI=1S/C14H11FO4S2/c15-11-7-4-8-12-14(11)13(9-20(12,16)17)21(18,19)10-5-2-1-3-6-10/h1-8,13H,9H2. The summed E-state index contributed by atoms with van der Waals surface area (Å²) < 4.78 is 63.3. The lowest BCUT2D eigenvalue weighted by molar-refractivity contribution is 0.573. The second kappa shape index (κ2) is 4.64. The molecule has 0 saturated heterocycles. The zero-order valence-corrected chi connectivity index (χ0v) is 12.4. The van der Waals surface area contributed by atoms with E-state index in [1.54, 1.807) is 18.2 Å². The fourth-order valence-electron chi connectivity index (χ4n) is 2.49. The van der Waals surface area contributed by atoms with Crippen molar-refractivity contribution < 1.29 is 21.2 Å². The Morgan fingerprint density at radius 3 is 2.33 bits per heavy atom. The van der Waals surface area contributed by atoms with Gasteiger partial charge in [0, 0.05) is 5.56 Å². The molecule has 21 heavy (non-hydrogen) atoms. The third kappa shape index (κ3) is 2.16. The quantitative estimate of drug-likeness (QED) is 0.848. The summed E-state index contributed by atoms with van der Waals surface area (Å²) in [5.41, 5.74) is -0.249. The summed E-state index contributed by atoms with van der Waals surface area (Å²) in [5, 5.41) is -1.40. The topological polar surface area (TPSA) is 68.3 Å². The van der Waals surface area contributed by atoms with Crippen LogP contribution in [0.5, 0.6) is 0 Å². The predicted molar refractivity (Wildman–Crippen MR) is 74.8 cm³/mol. The van der Waals surface area contributed by atoms with Crippen molar-refractivity contribution in [1.82, 2.24) is 0 Å². The van der Waals surface area contributed by atoms with Crippen LogP contribution in [0.1, 0.15) is 10.8 Å². The lowest BCUT2D eigenvalue weighted by Crippen LogP contribution is -2.16. The molecule has 0 fully saturated rings. The van der Waals surface area contributed by atoms with Crippen molar-refractivity contribution in [1.29, 1.82) is 0 Å². The number of benzene rings is 2. The van der Waals surface area contributed by atoms with Crippen molar-refractivity contribution in [3.8, 4) is 0 Å². The zero-order chi connectivity index (χ0) is 15.3. The summed E-state index contributed by atoms with van der Waals surface area (Å²) in [7, 11) is -7.75. The van der Waals surface area contributed by atoms with E-state index in [-0.39, 0.29) is 15.4 Å². The fourth-order valence-corrected chi connectivity index (χ4v) is 6.84. The second-order valence-electron chi connectivity index (χ2n) is 4.78. The van der Waals surface area contributed by atoms with Crippen molar-refractivity contribution in [3.63, 3.8) is 0 Å². The average Bonchev–Trinajstić information content (AvgIpc) is 2.74. The Morgan fingerprint density at radius 1 is 1.00 bits per heavy atom. The van der Waals surface area contributed by atoms with Gasteiger partial charge in [0.05, 0.1) is 15.5 Å². The van der Waals surface area contributed by atoms with Crippen molar-refractivity contribution in [3.05, 3.63) is 59.9 Å². The molecule has 4 nitrogen and oxygen atoms in total. The third-order valence-corrected chi connectivity index (χ3v) is 7.58. The van der Waals surface area contributed by atoms with Crippen LogP contribution >= 0.6 is 0 Å². The molecular formula is C14H11FO4S2. The van der Waals surface area contributed by atoms with E-state index in [0.29, 0.717) is 0 Å². The Bertz CT molecular complexity index is 903. The van der Waals surface area contributed by atoms with Crippen LogP contribution in [0.2, 0.25) is 0 Å². The predicted octanol–water partition coefficient (Wildman–Crippen LogP) is 2.13. The van der Waals surface area contributed by atoms with Crippen LogP contribution in [0, 0.1) is 5.82 Å². The molecule has 7 heteroatoms. The van der Waals surface area contributed by atoms with Crippen LogP contribution in [0.15, 0.2) is 58.3 Å². The number of rotatable bonds is 2. The Morgan fingerprint density at radius 2 is 1.67 bits per heavy atom. The highest BCUT2D eigenvalue weighted by Crippen LogP contribution is 2.42.